The molecule has 1 atom stereocenters. The van der Waals surface area contributed by atoms with E-state index in [4.69, 9.17) is 4.74 Å². The van der Waals surface area contributed by atoms with Gasteiger partial charge in [-0.25, -0.2) is 0 Å². The van der Waals surface area contributed by atoms with E-state index in [2.05, 4.69) is 5.32 Å². The van der Waals surface area contributed by atoms with Crippen molar-refractivity contribution in [2.45, 2.75) is 12.5 Å². The molecule has 1 aromatic rings. The molecule has 104 valence electrons. The van der Waals surface area contributed by atoms with Crippen LogP contribution in [0.15, 0.2) is 24.3 Å². The number of aliphatic hydroxyl groups is 1. The van der Waals surface area contributed by atoms with Gasteiger partial charge < -0.3 is 20.1 Å². The van der Waals surface area contributed by atoms with Crippen LogP contribution in [0, 0.1) is 0 Å². The molecule has 1 unspecified atom stereocenters. The zero-order valence-corrected chi connectivity index (χ0v) is 11.1. The molecule has 0 aromatic heterocycles. The number of nitrogens with zero attached hydrogens (tertiary/aromatic N) is 1. The van der Waals surface area contributed by atoms with Gasteiger partial charge in [-0.15, -0.1) is 0 Å². The number of amides is 1. The van der Waals surface area contributed by atoms with E-state index in [1.807, 2.05) is 24.3 Å². The number of hydrogen-bond donors (Lipinski definition) is 2. The van der Waals surface area contributed by atoms with E-state index in [0.717, 1.165) is 18.7 Å². The summed E-state index contributed by atoms with van der Waals surface area (Å²) in [5, 5.41) is 13.3. The molecule has 19 heavy (non-hydrogen) atoms. The highest BCUT2D eigenvalue weighted by molar-refractivity contribution is 5.81. The smallest absolute Gasteiger partial charge is 0.251 e. The third-order valence-corrected chi connectivity index (χ3v) is 3.32. The number of carbonyl (C=O) groups excluding carboxylic acids is 1. The molecule has 1 saturated heterocycles. The van der Waals surface area contributed by atoms with Crippen LogP contribution in [0.2, 0.25) is 0 Å². The fraction of sp³-hybridized carbons (Fsp3) is 0.500. The normalized spacial score (nSPS) is 17.1. The topological polar surface area (TPSA) is 61.8 Å². The van der Waals surface area contributed by atoms with E-state index in [-0.39, 0.29) is 12.3 Å². The summed E-state index contributed by atoms with van der Waals surface area (Å²) in [6.07, 6.45) is -0.721. The fourth-order valence-corrected chi connectivity index (χ4v) is 2.26. The first-order valence-corrected chi connectivity index (χ1v) is 6.52. The first-order valence-electron chi connectivity index (χ1n) is 6.52. The molecule has 0 bridgehead atoms. The Balaban J connectivity index is 1.99. The lowest BCUT2D eigenvalue weighted by atomic mass is 10.1. The SMILES string of the molecule is COc1ccccc1CC(O)C(=O)N1CCNCC1. The van der Waals surface area contributed by atoms with Gasteiger partial charge in [-0.1, -0.05) is 18.2 Å². The first kappa shape index (κ1) is 13.8. The van der Waals surface area contributed by atoms with E-state index in [0.29, 0.717) is 18.8 Å². The molecule has 1 fully saturated rings. The lowest BCUT2D eigenvalue weighted by Crippen LogP contribution is -2.50. The Morgan fingerprint density at radius 2 is 2.11 bits per heavy atom. The fourth-order valence-electron chi connectivity index (χ4n) is 2.26. The maximum atomic E-state index is 12.1. The van der Waals surface area contributed by atoms with Gasteiger partial charge in [-0.3, -0.25) is 4.79 Å². The van der Waals surface area contributed by atoms with Crippen LogP contribution in [0.3, 0.4) is 0 Å². The second kappa shape index (κ2) is 6.54. The lowest BCUT2D eigenvalue weighted by Gasteiger charge is -2.29. The summed E-state index contributed by atoms with van der Waals surface area (Å²) in [6, 6.07) is 7.44. The Hall–Kier alpha value is -1.59. The van der Waals surface area contributed by atoms with Gasteiger partial charge in [0.25, 0.3) is 5.91 Å². The van der Waals surface area contributed by atoms with Gasteiger partial charge in [0, 0.05) is 32.6 Å². The number of nitrogens with one attached hydrogen (secondary N) is 1. The number of benzene rings is 1. The molecule has 1 amide bonds. The van der Waals surface area contributed by atoms with Crippen molar-refractivity contribution in [2.24, 2.45) is 0 Å². The first-order chi connectivity index (χ1) is 9.22. The van der Waals surface area contributed by atoms with Crippen LogP contribution in [-0.4, -0.2) is 55.3 Å². The molecule has 1 aliphatic heterocycles. The van der Waals surface area contributed by atoms with E-state index in [9.17, 15) is 9.90 Å². The Bertz CT molecular complexity index is 430. The van der Waals surface area contributed by atoms with Crippen LogP contribution in [-0.2, 0) is 11.2 Å². The summed E-state index contributed by atoms with van der Waals surface area (Å²) in [5.74, 6) is 0.502. The summed E-state index contributed by atoms with van der Waals surface area (Å²) in [7, 11) is 1.59. The molecule has 2 N–H and O–H groups in total. The average Bonchev–Trinajstić information content (AvgIpc) is 2.48. The highest BCUT2D eigenvalue weighted by Gasteiger charge is 2.24. The van der Waals surface area contributed by atoms with Gasteiger partial charge in [0.1, 0.15) is 11.9 Å². The molecular weight excluding hydrogens is 244 g/mol. The van der Waals surface area contributed by atoms with Gasteiger partial charge >= 0.3 is 0 Å². The summed E-state index contributed by atoms with van der Waals surface area (Å²) in [4.78, 5) is 13.8. The van der Waals surface area contributed by atoms with Gasteiger partial charge in [-0.2, -0.15) is 0 Å². The number of carbonyl (C=O) groups is 1. The number of ether oxygens (including phenoxy) is 1. The zero-order valence-electron chi connectivity index (χ0n) is 11.1. The van der Waals surface area contributed by atoms with Crippen molar-refractivity contribution in [1.29, 1.82) is 0 Å². The van der Waals surface area contributed by atoms with Crippen molar-refractivity contribution >= 4 is 5.91 Å². The Morgan fingerprint density at radius 3 is 2.79 bits per heavy atom. The maximum Gasteiger partial charge on any atom is 0.251 e. The van der Waals surface area contributed by atoms with Gasteiger partial charge in [0.05, 0.1) is 7.11 Å². The lowest BCUT2D eigenvalue weighted by molar-refractivity contribution is -0.140. The van der Waals surface area contributed by atoms with Crippen molar-refractivity contribution < 1.29 is 14.6 Å². The molecule has 0 spiro atoms. The van der Waals surface area contributed by atoms with Crippen LogP contribution in [0.25, 0.3) is 0 Å². The predicted molar refractivity (Wildman–Crippen MR) is 72.2 cm³/mol. The predicted octanol–water partition coefficient (Wildman–Crippen LogP) is 0.0304. The summed E-state index contributed by atoms with van der Waals surface area (Å²) < 4.78 is 5.23. The quantitative estimate of drug-likeness (QED) is 0.805. The summed E-state index contributed by atoms with van der Waals surface area (Å²) in [6.45, 7) is 2.88. The van der Waals surface area contributed by atoms with Crippen LogP contribution in [0.4, 0.5) is 0 Å². The Labute approximate surface area is 113 Å². The van der Waals surface area contributed by atoms with E-state index in [1.54, 1.807) is 12.0 Å². The molecule has 5 nitrogen and oxygen atoms in total. The van der Waals surface area contributed by atoms with Crippen LogP contribution >= 0.6 is 0 Å². The van der Waals surface area contributed by atoms with Crippen molar-refractivity contribution in [3.63, 3.8) is 0 Å². The third kappa shape index (κ3) is 3.45. The van der Waals surface area contributed by atoms with Crippen molar-refractivity contribution in [2.75, 3.05) is 33.3 Å². The Morgan fingerprint density at radius 1 is 1.42 bits per heavy atom. The summed E-state index contributed by atoms with van der Waals surface area (Å²) in [5.41, 5.74) is 0.848. The largest absolute Gasteiger partial charge is 0.496 e. The molecule has 1 heterocycles. The van der Waals surface area contributed by atoms with Crippen molar-refractivity contribution in [1.82, 2.24) is 10.2 Å². The third-order valence-electron chi connectivity index (χ3n) is 3.32. The van der Waals surface area contributed by atoms with Crippen LogP contribution < -0.4 is 10.1 Å². The Kier molecular flexibility index (Phi) is 4.76. The minimum Gasteiger partial charge on any atom is -0.496 e. The van der Waals surface area contributed by atoms with Crippen molar-refractivity contribution in [3.8, 4) is 5.75 Å². The number of hydrogen-bond acceptors (Lipinski definition) is 4. The van der Waals surface area contributed by atoms with Crippen LogP contribution in [0.5, 0.6) is 5.75 Å². The molecule has 0 saturated carbocycles. The van der Waals surface area contributed by atoms with Crippen molar-refractivity contribution in [3.05, 3.63) is 29.8 Å². The highest BCUT2D eigenvalue weighted by Crippen LogP contribution is 2.19. The van der Waals surface area contributed by atoms with Crippen LogP contribution in [0.1, 0.15) is 5.56 Å². The summed E-state index contributed by atoms with van der Waals surface area (Å²) >= 11 is 0. The number of rotatable bonds is 4. The number of methoxy groups -OCH3 is 1. The zero-order chi connectivity index (χ0) is 13.7. The van der Waals surface area contributed by atoms with E-state index >= 15 is 0 Å². The monoisotopic (exact) mass is 264 g/mol. The number of para-hydroxylation sites is 1. The molecule has 1 aromatic carbocycles. The molecule has 1 aliphatic rings. The number of aliphatic hydroxyl groups excluding tert-OH is 1. The molecular formula is C14H20N2O3. The second-order valence-electron chi connectivity index (χ2n) is 4.61. The number of piperazine rings is 1. The average molecular weight is 264 g/mol. The highest BCUT2D eigenvalue weighted by atomic mass is 16.5. The standard InChI is InChI=1S/C14H20N2O3/c1-19-13-5-3-2-4-11(13)10-12(17)14(18)16-8-6-15-7-9-16/h2-5,12,15,17H,6-10H2,1H3. The van der Waals surface area contributed by atoms with E-state index < -0.39 is 6.10 Å². The maximum absolute atomic E-state index is 12.1. The molecule has 2 rings (SSSR count). The molecule has 0 radical (unpaired) electrons. The molecule has 5 heteroatoms. The van der Waals surface area contributed by atoms with Gasteiger partial charge in [0.15, 0.2) is 0 Å². The minimum atomic E-state index is -1.01. The van der Waals surface area contributed by atoms with E-state index in [1.165, 1.54) is 0 Å². The second-order valence-corrected chi connectivity index (χ2v) is 4.61. The molecule has 0 aliphatic carbocycles. The van der Waals surface area contributed by atoms with Gasteiger partial charge in [-0.05, 0) is 11.6 Å². The van der Waals surface area contributed by atoms with Gasteiger partial charge in [0.2, 0.25) is 0 Å². The minimum absolute atomic E-state index is 0.201.